The molecule has 2 nitrogen and oxygen atoms in total. The Bertz CT molecular complexity index is 505. The number of anilines is 1. The first kappa shape index (κ1) is 14.7. The van der Waals surface area contributed by atoms with E-state index in [9.17, 15) is 8.78 Å². The highest BCUT2D eigenvalue weighted by Crippen LogP contribution is 2.19. The zero-order valence-electron chi connectivity index (χ0n) is 10.8. The van der Waals surface area contributed by atoms with E-state index in [1.54, 1.807) is 23.9 Å². The first-order valence-electron chi connectivity index (χ1n) is 6.20. The number of alkyl halides is 2. The summed E-state index contributed by atoms with van der Waals surface area (Å²) in [5, 5.41) is 3.23. The van der Waals surface area contributed by atoms with Gasteiger partial charge in [0, 0.05) is 22.9 Å². The average molecular weight is 295 g/mol. The molecule has 1 N–H and O–H groups in total. The summed E-state index contributed by atoms with van der Waals surface area (Å²) >= 11 is 1.76. The lowest BCUT2D eigenvalue weighted by Gasteiger charge is -2.08. The maximum absolute atomic E-state index is 12.0. The molecule has 0 saturated heterocycles. The van der Waals surface area contributed by atoms with Crippen molar-refractivity contribution < 1.29 is 13.5 Å². The van der Waals surface area contributed by atoms with Crippen LogP contribution in [0.3, 0.4) is 0 Å². The predicted octanol–water partition coefficient (Wildman–Crippen LogP) is 4.49. The Morgan fingerprint density at radius 2 is 1.70 bits per heavy atom. The molecule has 0 unspecified atom stereocenters. The van der Waals surface area contributed by atoms with Gasteiger partial charge in [-0.25, -0.2) is 0 Å². The molecule has 0 amide bonds. The van der Waals surface area contributed by atoms with Crippen molar-refractivity contribution in [3.63, 3.8) is 0 Å². The molecular formula is C15H15F2NOS. The molecule has 0 aliphatic rings. The van der Waals surface area contributed by atoms with Crippen LogP contribution in [0.4, 0.5) is 14.5 Å². The van der Waals surface area contributed by atoms with Gasteiger partial charge in [0.25, 0.3) is 0 Å². The van der Waals surface area contributed by atoms with E-state index in [1.165, 1.54) is 17.0 Å². The topological polar surface area (TPSA) is 21.3 Å². The van der Waals surface area contributed by atoms with Gasteiger partial charge in [-0.05, 0) is 36.4 Å². The molecule has 5 heteroatoms. The molecule has 0 aliphatic heterocycles. The molecule has 0 aliphatic carbocycles. The van der Waals surface area contributed by atoms with Crippen LogP contribution in [0.15, 0.2) is 59.5 Å². The highest BCUT2D eigenvalue weighted by molar-refractivity contribution is 7.99. The van der Waals surface area contributed by atoms with E-state index >= 15 is 0 Å². The van der Waals surface area contributed by atoms with Gasteiger partial charge in [-0.3, -0.25) is 0 Å². The fourth-order valence-electron chi connectivity index (χ4n) is 1.64. The predicted molar refractivity (Wildman–Crippen MR) is 78.7 cm³/mol. The Morgan fingerprint density at radius 1 is 1.00 bits per heavy atom. The third-order valence-electron chi connectivity index (χ3n) is 2.52. The summed E-state index contributed by atoms with van der Waals surface area (Å²) in [4.78, 5) is 1.23. The summed E-state index contributed by atoms with van der Waals surface area (Å²) in [5.74, 6) is 1.10. The monoisotopic (exact) mass is 295 g/mol. The Balaban J connectivity index is 1.71. The van der Waals surface area contributed by atoms with Crippen molar-refractivity contribution in [1.82, 2.24) is 0 Å². The number of rotatable bonds is 7. The molecule has 20 heavy (non-hydrogen) atoms. The third kappa shape index (κ3) is 5.09. The number of hydrogen-bond donors (Lipinski definition) is 1. The smallest absolute Gasteiger partial charge is 0.387 e. The maximum Gasteiger partial charge on any atom is 0.387 e. The van der Waals surface area contributed by atoms with Crippen LogP contribution in [-0.4, -0.2) is 18.9 Å². The van der Waals surface area contributed by atoms with Crippen LogP contribution in [-0.2, 0) is 0 Å². The van der Waals surface area contributed by atoms with Crippen LogP contribution in [0.1, 0.15) is 0 Å². The van der Waals surface area contributed by atoms with Gasteiger partial charge >= 0.3 is 6.61 Å². The number of halogens is 2. The summed E-state index contributed by atoms with van der Waals surface area (Å²) < 4.78 is 28.3. The van der Waals surface area contributed by atoms with Crippen molar-refractivity contribution in [3.8, 4) is 5.75 Å². The Hall–Kier alpha value is -1.75. The number of hydrogen-bond acceptors (Lipinski definition) is 3. The summed E-state index contributed by atoms with van der Waals surface area (Å²) in [6, 6.07) is 16.7. The standard InChI is InChI=1S/C15H15F2NOS/c16-15(17)19-13-8-6-12(7-9-13)18-10-11-20-14-4-2-1-3-5-14/h1-9,15,18H,10-11H2. The summed E-state index contributed by atoms with van der Waals surface area (Å²) in [7, 11) is 0. The van der Waals surface area contributed by atoms with Crippen molar-refractivity contribution >= 4 is 17.4 Å². The fourth-order valence-corrected chi connectivity index (χ4v) is 2.42. The molecule has 2 aromatic carbocycles. The van der Waals surface area contributed by atoms with Crippen LogP contribution in [0.2, 0.25) is 0 Å². The zero-order chi connectivity index (χ0) is 14.2. The largest absolute Gasteiger partial charge is 0.435 e. The van der Waals surface area contributed by atoms with Crippen LogP contribution in [0.25, 0.3) is 0 Å². The highest BCUT2D eigenvalue weighted by atomic mass is 32.2. The molecule has 0 atom stereocenters. The van der Waals surface area contributed by atoms with Gasteiger partial charge < -0.3 is 10.1 Å². The minimum Gasteiger partial charge on any atom is -0.435 e. The fraction of sp³-hybridized carbons (Fsp3) is 0.200. The molecule has 0 aromatic heterocycles. The molecule has 2 aromatic rings. The lowest BCUT2D eigenvalue weighted by molar-refractivity contribution is -0.0498. The first-order valence-corrected chi connectivity index (χ1v) is 7.19. The van der Waals surface area contributed by atoms with Crippen LogP contribution in [0.5, 0.6) is 5.75 Å². The van der Waals surface area contributed by atoms with Crippen molar-refractivity contribution in [1.29, 1.82) is 0 Å². The third-order valence-corrected chi connectivity index (χ3v) is 3.54. The lowest BCUT2D eigenvalue weighted by Crippen LogP contribution is -2.04. The van der Waals surface area contributed by atoms with Gasteiger partial charge in [-0.2, -0.15) is 8.78 Å². The molecule has 0 fully saturated rings. The quantitative estimate of drug-likeness (QED) is 0.600. The second-order valence-electron chi connectivity index (χ2n) is 3.99. The molecule has 0 bridgehead atoms. The minimum atomic E-state index is -2.78. The Kier molecular flexibility index (Phi) is 5.68. The average Bonchev–Trinajstić information content (AvgIpc) is 2.46. The van der Waals surface area contributed by atoms with E-state index in [-0.39, 0.29) is 5.75 Å². The highest BCUT2D eigenvalue weighted by Gasteiger charge is 2.03. The number of ether oxygens (including phenoxy) is 1. The van der Waals surface area contributed by atoms with E-state index in [2.05, 4.69) is 22.2 Å². The summed E-state index contributed by atoms with van der Waals surface area (Å²) in [5.41, 5.74) is 0.889. The van der Waals surface area contributed by atoms with Crippen molar-refractivity contribution in [2.45, 2.75) is 11.5 Å². The molecular weight excluding hydrogens is 280 g/mol. The van der Waals surface area contributed by atoms with Crippen molar-refractivity contribution in [3.05, 3.63) is 54.6 Å². The van der Waals surface area contributed by atoms with Crippen LogP contribution >= 0.6 is 11.8 Å². The number of thioether (sulfide) groups is 1. The molecule has 0 spiro atoms. The summed E-state index contributed by atoms with van der Waals surface area (Å²) in [6.45, 7) is -1.98. The molecule has 2 rings (SSSR count). The van der Waals surface area contributed by atoms with E-state index in [0.29, 0.717) is 0 Å². The van der Waals surface area contributed by atoms with E-state index < -0.39 is 6.61 Å². The SMILES string of the molecule is FC(F)Oc1ccc(NCCSc2ccccc2)cc1. The van der Waals surface area contributed by atoms with Gasteiger partial charge in [-0.1, -0.05) is 18.2 Å². The molecule has 106 valence electrons. The van der Waals surface area contributed by atoms with Crippen LogP contribution < -0.4 is 10.1 Å². The Morgan fingerprint density at radius 3 is 2.35 bits per heavy atom. The molecule has 0 radical (unpaired) electrons. The van der Waals surface area contributed by atoms with Gasteiger partial charge in [-0.15, -0.1) is 11.8 Å². The molecule has 0 heterocycles. The number of nitrogens with one attached hydrogen (secondary N) is 1. The van der Waals surface area contributed by atoms with Gasteiger partial charge in [0.15, 0.2) is 0 Å². The van der Waals surface area contributed by atoms with E-state index in [4.69, 9.17) is 0 Å². The summed E-state index contributed by atoms with van der Waals surface area (Å²) in [6.07, 6.45) is 0. The maximum atomic E-state index is 12.0. The second kappa shape index (κ2) is 7.75. The van der Waals surface area contributed by atoms with Crippen molar-refractivity contribution in [2.24, 2.45) is 0 Å². The minimum absolute atomic E-state index is 0.171. The van der Waals surface area contributed by atoms with Gasteiger partial charge in [0.05, 0.1) is 0 Å². The zero-order valence-corrected chi connectivity index (χ0v) is 11.6. The first-order chi connectivity index (χ1) is 9.74. The normalized spacial score (nSPS) is 10.6. The van der Waals surface area contributed by atoms with E-state index in [0.717, 1.165) is 18.0 Å². The van der Waals surface area contributed by atoms with E-state index in [1.807, 2.05) is 18.2 Å². The van der Waals surface area contributed by atoms with Crippen molar-refractivity contribution in [2.75, 3.05) is 17.6 Å². The molecule has 0 saturated carbocycles. The Labute approximate surface area is 121 Å². The van der Waals surface area contributed by atoms with Crippen LogP contribution in [0, 0.1) is 0 Å². The second-order valence-corrected chi connectivity index (χ2v) is 5.16. The van der Waals surface area contributed by atoms with Gasteiger partial charge in [0.2, 0.25) is 0 Å². The lowest BCUT2D eigenvalue weighted by atomic mass is 10.3. The number of benzene rings is 2. The van der Waals surface area contributed by atoms with Gasteiger partial charge in [0.1, 0.15) is 5.75 Å².